The molecule has 4 heteroatoms. The van der Waals surface area contributed by atoms with E-state index in [1.807, 2.05) is 56.1 Å². The van der Waals surface area contributed by atoms with Crippen molar-refractivity contribution in [3.05, 3.63) is 30.3 Å². The summed E-state index contributed by atoms with van der Waals surface area (Å²) >= 11 is 0. The number of rotatable bonds is 6. The number of para-hydroxylation sites is 1. The lowest BCUT2D eigenvalue weighted by atomic mass is 10.2. The Labute approximate surface area is 109 Å². The zero-order chi connectivity index (χ0) is 13.5. The maximum absolute atomic E-state index is 11.7. The Kier molecular flexibility index (Phi) is 5.65. The van der Waals surface area contributed by atoms with E-state index in [0.29, 0.717) is 6.54 Å². The van der Waals surface area contributed by atoms with E-state index in [9.17, 15) is 4.79 Å². The van der Waals surface area contributed by atoms with E-state index in [4.69, 9.17) is 4.74 Å². The standard InChI is InChI=1S/C14H22N2O2/c1-11(2)15-13(14(17)18-4)10-16(3)12-8-6-5-7-9-12/h5-9,11,13,15H,10H2,1-4H3. The first-order valence-corrected chi connectivity index (χ1v) is 6.14. The van der Waals surface area contributed by atoms with Crippen LogP contribution in [0.2, 0.25) is 0 Å². The number of carbonyl (C=O) groups is 1. The molecule has 100 valence electrons. The van der Waals surface area contributed by atoms with Gasteiger partial charge in [-0.15, -0.1) is 0 Å². The van der Waals surface area contributed by atoms with E-state index in [2.05, 4.69) is 5.32 Å². The van der Waals surface area contributed by atoms with Crippen molar-refractivity contribution in [2.45, 2.75) is 25.9 Å². The molecule has 0 aliphatic carbocycles. The molecule has 4 nitrogen and oxygen atoms in total. The molecule has 0 fully saturated rings. The first kappa shape index (κ1) is 14.5. The number of anilines is 1. The molecule has 1 atom stereocenters. The van der Waals surface area contributed by atoms with Crippen LogP contribution in [0.1, 0.15) is 13.8 Å². The van der Waals surface area contributed by atoms with Crippen LogP contribution in [0.15, 0.2) is 30.3 Å². The highest BCUT2D eigenvalue weighted by molar-refractivity contribution is 5.76. The fourth-order valence-electron chi connectivity index (χ4n) is 1.80. The SMILES string of the molecule is COC(=O)C(CN(C)c1ccccc1)NC(C)C. The average Bonchev–Trinajstić information content (AvgIpc) is 2.37. The molecule has 1 aromatic carbocycles. The van der Waals surface area contributed by atoms with Crippen molar-refractivity contribution < 1.29 is 9.53 Å². The van der Waals surface area contributed by atoms with Gasteiger partial charge in [-0.1, -0.05) is 32.0 Å². The van der Waals surface area contributed by atoms with Gasteiger partial charge in [0, 0.05) is 25.3 Å². The van der Waals surface area contributed by atoms with Crippen LogP contribution >= 0.6 is 0 Å². The molecule has 0 bridgehead atoms. The maximum Gasteiger partial charge on any atom is 0.324 e. The zero-order valence-electron chi connectivity index (χ0n) is 11.5. The average molecular weight is 250 g/mol. The Balaban J connectivity index is 2.68. The van der Waals surface area contributed by atoms with Gasteiger partial charge >= 0.3 is 5.97 Å². The number of carbonyl (C=O) groups excluding carboxylic acids is 1. The van der Waals surface area contributed by atoms with Crippen LogP contribution in [0.5, 0.6) is 0 Å². The van der Waals surface area contributed by atoms with Crippen LogP contribution in [0.4, 0.5) is 5.69 Å². The molecule has 1 N–H and O–H groups in total. The van der Waals surface area contributed by atoms with Crippen molar-refractivity contribution in [1.29, 1.82) is 0 Å². The summed E-state index contributed by atoms with van der Waals surface area (Å²) in [6.45, 7) is 4.60. The third-order valence-corrected chi connectivity index (χ3v) is 2.67. The van der Waals surface area contributed by atoms with Crippen molar-refractivity contribution >= 4 is 11.7 Å². The minimum atomic E-state index is -0.319. The smallest absolute Gasteiger partial charge is 0.324 e. The molecular weight excluding hydrogens is 228 g/mol. The monoisotopic (exact) mass is 250 g/mol. The second-order valence-corrected chi connectivity index (χ2v) is 4.61. The Morgan fingerprint density at radius 1 is 1.33 bits per heavy atom. The molecule has 0 spiro atoms. The maximum atomic E-state index is 11.7. The summed E-state index contributed by atoms with van der Waals surface area (Å²) in [5.41, 5.74) is 1.08. The fourth-order valence-corrected chi connectivity index (χ4v) is 1.80. The normalized spacial score (nSPS) is 12.3. The van der Waals surface area contributed by atoms with Gasteiger partial charge in [0.25, 0.3) is 0 Å². The third-order valence-electron chi connectivity index (χ3n) is 2.67. The lowest BCUT2D eigenvalue weighted by molar-refractivity contribution is -0.143. The van der Waals surface area contributed by atoms with Crippen molar-refractivity contribution in [2.24, 2.45) is 0 Å². The van der Waals surface area contributed by atoms with Gasteiger partial charge in [0.2, 0.25) is 0 Å². The molecule has 18 heavy (non-hydrogen) atoms. The lowest BCUT2D eigenvalue weighted by Crippen LogP contribution is -2.48. The van der Waals surface area contributed by atoms with Gasteiger partial charge in [-0.25, -0.2) is 0 Å². The summed E-state index contributed by atoms with van der Waals surface area (Å²) in [6, 6.07) is 9.89. The predicted molar refractivity (Wildman–Crippen MR) is 73.8 cm³/mol. The molecule has 0 aromatic heterocycles. The number of methoxy groups -OCH3 is 1. The molecule has 0 radical (unpaired) electrons. The van der Waals surface area contributed by atoms with E-state index in [1.54, 1.807) is 0 Å². The van der Waals surface area contributed by atoms with Gasteiger partial charge in [0.1, 0.15) is 6.04 Å². The van der Waals surface area contributed by atoms with E-state index in [0.717, 1.165) is 5.69 Å². The first-order valence-electron chi connectivity index (χ1n) is 6.14. The number of hydrogen-bond acceptors (Lipinski definition) is 4. The molecule has 0 amide bonds. The van der Waals surface area contributed by atoms with E-state index < -0.39 is 0 Å². The fraction of sp³-hybridized carbons (Fsp3) is 0.500. The number of hydrogen-bond donors (Lipinski definition) is 1. The van der Waals surface area contributed by atoms with Crippen LogP contribution in [-0.4, -0.2) is 38.8 Å². The lowest BCUT2D eigenvalue weighted by Gasteiger charge is -2.26. The van der Waals surface area contributed by atoms with Crippen molar-refractivity contribution in [1.82, 2.24) is 5.32 Å². The van der Waals surface area contributed by atoms with Crippen LogP contribution in [-0.2, 0) is 9.53 Å². The second-order valence-electron chi connectivity index (χ2n) is 4.61. The van der Waals surface area contributed by atoms with Crippen LogP contribution < -0.4 is 10.2 Å². The highest BCUT2D eigenvalue weighted by Gasteiger charge is 2.21. The van der Waals surface area contributed by atoms with Crippen molar-refractivity contribution in [2.75, 3.05) is 25.6 Å². The van der Waals surface area contributed by atoms with Gasteiger partial charge in [0.05, 0.1) is 7.11 Å². The Hall–Kier alpha value is -1.55. The summed E-state index contributed by atoms with van der Waals surface area (Å²) in [6.07, 6.45) is 0. The Morgan fingerprint density at radius 2 is 1.94 bits per heavy atom. The molecule has 0 aliphatic heterocycles. The highest BCUT2D eigenvalue weighted by Crippen LogP contribution is 2.11. The third kappa shape index (κ3) is 4.37. The van der Waals surface area contributed by atoms with E-state index in [-0.39, 0.29) is 18.1 Å². The van der Waals surface area contributed by atoms with Gasteiger partial charge < -0.3 is 15.0 Å². The van der Waals surface area contributed by atoms with Gasteiger partial charge in [0.15, 0.2) is 0 Å². The summed E-state index contributed by atoms with van der Waals surface area (Å²) in [4.78, 5) is 13.7. The highest BCUT2D eigenvalue weighted by atomic mass is 16.5. The number of benzene rings is 1. The molecule has 0 saturated heterocycles. The Morgan fingerprint density at radius 3 is 2.44 bits per heavy atom. The number of nitrogens with zero attached hydrogens (tertiary/aromatic N) is 1. The molecule has 1 unspecified atom stereocenters. The Bertz CT molecular complexity index is 365. The van der Waals surface area contributed by atoms with Gasteiger partial charge in [-0.3, -0.25) is 4.79 Å². The number of nitrogens with one attached hydrogen (secondary N) is 1. The summed E-state index contributed by atoms with van der Waals surface area (Å²) in [5.74, 6) is -0.230. The van der Waals surface area contributed by atoms with Crippen LogP contribution in [0.3, 0.4) is 0 Å². The first-order chi connectivity index (χ1) is 8.54. The molecular formula is C14H22N2O2. The van der Waals surface area contributed by atoms with Crippen LogP contribution in [0.25, 0.3) is 0 Å². The quantitative estimate of drug-likeness (QED) is 0.780. The molecule has 0 aliphatic rings. The number of likely N-dealkylation sites (N-methyl/N-ethyl adjacent to an activating group) is 1. The van der Waals surface area contributed by atoms with Gasteiger partial charge in [-0.2, -0.15) is 0 Å². The molecule has 0 heterocycles. The largest absolute Gasteiger partial charge is 0.468 e. The predicted octanol–water partition coefficient (Wildman–Crippen LogP) is 1.66. The number of esters is 1. The summed E-state index contributed by atoms with van der Waals surface area (Å²) < 4.78 is 4.82. The summed E-state index contributed by atoms with van der Waals surface area (Å²) in [5, 5.41) is 3.21. The minimum absolute atomic E-state index is 0.230. The van der Waals surface area contributed by atoms with Gasteiger partial charge in [-0.05, 0) is 12.1 Å². The second kappa shape index (κ2) is 7.01. The van der Waals surface area contributed by atoms with Crippen molar-refractivity contribution in [3.63, 3.8) is 0 Å². The van der Waals surface area contributed by atoms with E-state index >= 15 is 0 Å². The minimum Gasteiger partial charge on any atom is -0.468 e. The zero-order valence-corrected chi connectivity index (χ0v) is 11.5. The summed E-state index contributed by atoms with van der Waals surface area (Å²) in [7, 11) is 3.38. The van der Waals surface area contributed by atoms with Crippen LogP contribution in [0, 0.1) is 0 Å². The number of ether oxygens (including phenoxy) is 1. The topological polar surface area (TPSA) is 41.6 Å². The van der Waals surface area contributed by atoms with Crippen molar-refractivity contribution in [3.8, 4) is 0 Å². The molecule has 1 aromatic rings. The van der Waals surface area contributed by atoms with E-state index in [1.165, 1.54) is 7.11 Å². The molecule has 1 rings (SSSR count). The molecule has 0 saturated carbocycles.